The predicted molar refractivity (Wildman–Crippen MR) is 99.0 cm³/mol. The molecule has 7 heteroatoms. The van der Waals surface area contributed by atoms with Gasteiger partial charge in [0.1, 0.15) is 5.75 Å². The number of rotatable bonds is 9. The van der Waals surface area contributed by atoms with Gasteiger partial charge in [0.05, 0.1) is 21.3 Å². The van der Waals surface area contributed by atoms with E-state index in [4.69, 9.17) is 24.1 Å². The third-order valence-corrected chi connectivity index (χ3v) is 3.60. The van der Waals surface area contributed by atoms with Gasteiger partial charge in [-0.1, -0.05) is 18.2 Å². The van der Waals surface area contributed by atoms with Crippen LogP contribution in [0, 0.1) is 0 Å². The summed E-state index contributed by atoms with van der Waals surface area (Å²) in [6, 6.07) is 9.76. The number of hydrogen-bond donors (Lipinski definition) is 1. The van der Waals surface area contributed by atoms with Crippen LogP contribution < -0.4 is 18.9 Å². The second-order valence-corrected chi connectivity index (χ2v) is 5.37. The number of allylic oxidation sites excluding steroid dienone is 1. The van der Waals surface area contributed by atoms with Crippen LogP contribution >= 0.6 is 0 Å². The number of benzene rings is 2. The first-order valence-corrected chi connectivity index (χ1v) is 7.95. The van der Waals surface area contributed by atoms with Gasteiger partial charge in [0.25, 0.3) is 0 Å². The molecule has 27 heavy (non-hydrogen) atoms. The monoisotopic (exact) mass is 372 g/mol. The Balaban J connectivity index is 2.21. The number of ketones is 1. The summed E-state index contributed by atoms with van der Waals surface area (Å²) < 4.78 is 20.9. The lowest BCUT2D eigenvalue weighted by molar-refractivity contribution is -0.139. The van der Waals surface area contributed by atoms with E-state index in [-0.39, 0.29) is 5.78 Å². The Morgan fingerprint density at radius 3 is 2.22 bits per heavy atom. The lowest BCUT2D eigenvalue weighted by atomic mass is 10.1. The molecule has 0 aromatic heterocycles. The minimum absolute atomic E-state index is 0.260. The quantitative estimate of drug-likeness (QED) is 0.534. The minimum Gasteiger partial charge on any atom is -0.493 e. The minimum atomic E-state index is -1.09. The molecule has 142 valence electrons. The van der Waals surface area contributed by atoms with Crippen LogP contribution in [0.3, 0.4) is 0 Å². The molecule has 2 aromatic carbocycles. The summed E-state index contributed by atoms with van der Waals surface area (Å²) in [4.78, 5) is 23.0. The molecule has 0 saturated carbocycles. The molecular weight excluding hydrogens is 352 g/mol. The third-order valence-electron chi connectivity index (χ3n) is 3.60. The zero-order valence-electron chi connectivity index (χ0n) is 15.2. The van der Waals surface area contributed by atoms with Gasteiger partial charge in [-0.2, -0.15) is 0 Å². The molecule has 0 radical (unpaired) electrons. The van der Waals surface area contributed by atoms with Gasteiger partial charge >= 0.3 is 5.97 Å². The third kappa shape index (κ3) is 5.24. The summed E-state index contributed by atoms with van der Waals surface area (Å²) in [7, 11) is 4.54. The number of methoxy groups -OCH3 is 3. The summed E-state index contributed by atoms with van der Waals surface area (Å²) >= 11 is 0. The summed E-state index contributed by atoms with van der Waals surface area (Å²) in [6.07, 6.45) is 3.02. The van der Waals surface area contributed by atoms with Crippen molar-refractivity contribution in [1.29, 1.82) is 0 Å². The molecule has 2 rings (SSSR count). The normalized spacial score (nSPS) is 10.5. The SMILES string of the molecule is COc1cc(/C=C/C(=O)c2cccc(OCC(=O)O)c2)cc(OC)c1OC. The van der Waals surface area contributed by atoms with Crippen LogP contribution in [0.5, 0.6) is 23.0 Å². The maximum absolute atomic E-state index is 12.4. The molecule has 2 aromatic rings. The van der Waals surface area contributed by atoms with E-state index in [1.807, 2.05) is 0 Å². The van der Waals surface area contributed by atoms with Crippen molar-refractivity contribution in [2.45, 2.75) is 0 Å². The zero-order valence-corrected chi connectivity index (χ0v) is 15.2. The van der Waals surface area contributed by atoms with Crippen LogP contribution in [0.1, 0.15) is 15.9 Å². The Bertz CT molecular complexity index is 830. The molecule has 1 N–H and O–H groups in total. The summed E-state index contributed by atoms with van der Waals surface area (Å²) in [5.74, 6) is 0.385. The molecule has 0 unspecified atom stereocenters. The van der Waals surface area contributed by atoms with E-state index in [0.29, 0.717) is 34.1 Å². The second kappa shape index (κ2) is 9.28. The van der Waals surface area contributed by atoms with Crippen molar-refractivity contribution in [3.8, 4) is 23.0 Å². The van der Waals surface area contributed by atoms with E-state index in [0.717, 1.165) is 0 Å². The average Bonchev–Trinajstić information content (AvgIpc) is 2.69. The van der Waals surface area contributed by atoms with Crippen molar-refractivity contribution in [3.05, 3.63) is 53.6 Å². The first-order valence-electron chi connectivity index (χ1n) is 7.95. The molecule has 0 aliphatic heterocycles. The second-order valence-electron chi connectivity index (χ2n) is 5.37. The Morgan fingerprint density at radius 2 is 1.67 bits per heavy atom. The van der Waals surface area contributed by atoms with Crippen LogP contribution in [0.25, 0.3) is 6.08 Å². The number of hydrogen-bond acceptors (Lipinski definition) is 6. The standard InChI is InChI=1S/C20H20O7/c1-24-17-9-13(10-18(25-2)20(17)26-3)7-8-16(21)14-5-4-6-15(11-14)27-12-19(22)23/h4-11H,12H2,1-3H3,(H,22,23)/b8-7+. The van der Waals surface area contributed by atoms with Crippen LogP contribution in [0.15, 0.2) is 42.5 Å². The number of ether oxygens (including phenoxy) is 4. The first-order chi connectivity index (χ1) is 13.0. The fourth-order valence-corrected chi connectivity index (χ4v) is 2.35. The van der Waals surface area contributed by atoms with E-state index in [9.17, 15) is 9.59 Å². The van der Waals surface area contributed by atoms with Crippen LogP contribution in [-0.4, -0.2) is 44.8 Å². The van der Waals surface area contributed by atoms with Crippen molar-refractivity contribution in [1.82, 2.24) is 0 Å². The molecule has 0 saturated heterocycles. The zero-order chi connectivity index (χ0) is 19.8. The molecule has 0 aliphatic carbocycles. The van der Waals surface area contributed by atoms with Gasteiger partial charge in [-0.25, -0.2) is 4.79 Å². The lowest BCUT2D eigenvalue weighted by Gasteiger charge is -2.12. The molecule has 0 spiro atoms. The molecule has 0 amide bonds. The lowest BCUT2D eigenvalue weighted by Crippen LogP contribution is -2.09. The van der Waals surface area contributed by atoms with E-state index >= 15 is 0 Å². The Hall–Kier alpha value is -3.48. The van der Waals surface area contributed by atoms with Crippen molar-refractivity contribution >= 4 is 17.8 Å². The van der Waals surface area contributed by atoms with Crippen molar-refractivity contribution in [2.75, 3.05) is 27.9 Å². The number of carbonyl (C=O) groups is 2. The molecule has 7 nitrogen and oxygen atoms in total. The van der Waals surface area contributed by atoms with Crippen LogP contribution in [0.2, 0.25) is 0 Å². The molecular formula is C20H20O7. The number of carboxylic acids is 1. The smallest absolute Gasteiger partial charge is 0.341 e. The fraction of sp³-hybridized carbons (Fsp3) is 0.200. The summed E-state index contributed by atoms with van der Waals surface area (Å²) in [5, 5.41) is 8.65. The maximum atomic E-state index is 12.4. The molecule has 0 heterocycles. The molecule has 0 aliphatic rings. The fourth-order valence-electron chi connectivity index (χ4n) is 2.35. The van der Waals surface area contributed by atoms with Gasteiger partial charge in [0, 0.05) is 5.56 Å². The highest BCUT2D eigenvalue weighted by Gasteiger charge is 2.12. The topological polar surface area (TPSA) is 91.3 Å². The van der Waals surface area contributed by atoms with E-state index < -0.39 is 12.6 Å². The van der Waals surface area contributed by atoms with Gasteiger partial charge in [-0.05, 0) is 35.9 Å². The van der Waals surface area contributed by atoms with Crippen LogP contribution in [0.4, 0.5) is 0 Å². The first kappa shape index (κ1) is 19.8. The van der Waals surface area contributed by atoms with E-state index in [1.165, 1.54) is 33.5 Å². The maximum Gasteiger partial charge on any atom is 0.341 e. The molecule has 0 bridgehead atoms. The Labute approximate surface area is 156 Å². The van der Waals surface area contributed by atoms with Gasteiger partial charge in [0.15, 0.2) is 23.9 Å². The highest BCUT2D eigenvalue weighted by Crippen LogP contribution is 2.38. The number of aliphatic carboxylic acids is 1. The van der Waals surface area contributed by atoms with Gasteiger partial charge in [-0.15, -0.1) is 0 Å². The van der Waals surface area contributed by atoms with Gasteiger partial charge in [0.2, 0.25) is 5.75 Å². The van der Waals surface area contributed by atoms with E-state index in [2.05, 4.69) is 0 Å². The largest absolute Gasteiger partial charge is 0.493 e. The highest BCUT2D eigenvalue weighted by atomic mass is 16.5. The van der Waals surface area contributed by atoms with Gasteiger partial charge in [-0.3, -0.25) is 4.79 Å². The Kier molecular flexibility index (Phi) is 6.82. The predicted octanol–water partition coefficient (Wildman–Crippen LogP) is 3.07. The van der Waals surface area contributed by atoms with Gasteiger partial charge < -0.3 is 24.1 Å². The van der Waals surface area contributed by atoms with Crippen molar-refractivity contribution in [3.63, 3.8) is 0 Å². The molecule has 0 fully saturated rings. The van der Waals surface area contributed by atoms with Crippen LogP contribution in [-0.2, 0) is 4.79 Å². The highest BCUT2D eigenvalue weighted by molar-refractivity contribution is 6.07. The summed E-state index contributed by atoms with van der Waals surface area (Å²) in [5.41, 5.74) is 1.07. The summed E-state index contributed by atoms with van der Waals surface area (Å²) in [6.45, 7) is -0.473. The Morgan fingerprint density at radius 1 is 1.00 bits per heavy atom. The number of carbonyl (C=O) groups excluding carboxylic acids is 1. The molecule has 0 atom stereocenters. The van der Waals surface area contributed by atoms with Crippen molar-refractivity contribution in [2.24, 2.45) is 0 Å². The van der Waals surface area contributed by atoms with E-state index in [1.54, 1.807) is 36.4 Å². The average molecular weight is 372 g/mol. The van der Waals surface area contributed by atoms with Crippen molar-refractivity contribution < 1.29 is 33.6 Å². The number of carboxylic acid groups (broad SMARTS) is 1.